The van der Waals surface area contributed by atoms with Gasteiger partial charge in [-0.1, -0.05) is 0 Å². The van der Waals surface area contributed by atoms with Crippen LogP contribution in [-0.4, -0.2) is 45.5 Å². The normalized spacial score (nSPS) is 19.7. The summed E-state index contributed by atoms with van der Waals surface area (Å²) in [5.41, 5.74) is 0.423. The third kappa shape index (κ3) is 3.56. The summed E-state index contributed by atoms with van der Waals surface area (Å²) in [6.45, 7) is 3.14. The number of furan rings is 1. The van der Waals surface area contributed by atoms with Crippen LogP contribution in [0.2, 0.25) is 0 Å². The lowest BCUT2D eigenvalue weighted by molar-refractivity contribution is -0.0865. The van der Waals surface area contributed by atoms with Crippen LogP contribution in [0, 0.1) is 0 Å². The Balaban J connectivity index is 1.72. The average molecular weight is 255 g/mol. The minimum Gasteiger partial charge on any atom is -0.467 e. The van der Waals surface area contributed by atoms with Crippen molar-refractivity contribution < 1.29 is 23.4 Å². The van der Waals surface area contributed by atoms with Gasteiger partial charge in [0.15, 0.2) is 0 Å². The number of nitrogens with one attached hydrogen (secondary N) is 1. The van der Waals surface area contributed by atoms with Gasteiger partial charge in [0.05, 0.1) is 45.1 Å². The molecule has 1 N–H and O–H groups in total. The van der Waals surface area contributed by atoms with Gasteiger partial charge in [-0.3, -0.25) is 0 Å². The van der Waals surface area contributed by atoms with Crippen molar-refractivity contribution in [1.29, 1.82) is 0 Å². The Morgan fingerprint density at radius 2 is 2.44 bits per heavy atom. The summed E-state index contributed by atoms with van der Waals surface area (Å²) >= 11 is 0. The zero-order valence-electron chi connectivity index (χ0n) is 10.3. The van der Waals surface area contributed by atoms with Crippen LogP contribution in [-0.2, 0) is 20.8 Å². The van der Waals surface area contributed by atoms with E-state index < -0.39 is 5.97 Å². The first-order chi connectivity index (χ1) is 8.79. The van der Waals surface area contributed by atoms with Crippen molar-refractivity contribution in [2.45, 2.75) is 12.6 Å². The fourth-order valence-corrected chi connectivity index (χ4v) is 1.71. The summed E-state index contributed by atoms with van der Waals surface area (Å²) in [4.78, 5) is 11.2. The summed E-state index contributed by atoms with van der Waals surface area (Å²) in [5, 5.41) is 3.19. The molecule has 100 valence electrons. The third-order valence-electron chi connectivity index (χ3n) is 2.63. The number of carbonyl (C=O) groups excluding carboxylic acids is 1. The molecule has 1 aromatic heterocycles. The first-order valence-corrected chi connectivity index (χ1v) is 5.85. The molecular formula is C12H17NO5. The summed E-state index contributed by atoms with van der Waals surface area (Å²) < 4.78 is 20.6. The van der Waals surface area contributed by atoms with Gasteiger partial charge in [0.1, 0.15) is 12.0 Å². The smallest absolute Gasteiger partial charge is 0.341 e. The summed E-state index contributed by atoms with van der Waals surface area (Å²) in [6.07, 6.45) is 1.47. The molecule has 0 radical (unpaired) electrons. The maximum absolute atomic E-state index is 11.2. The topological polar surface area (TPSA) is 69.9 Å². The van der Waals surface area contributed by atoms with E-state index >= 15 is 0 Å². The first kappa shape index (κ1) is 13.1. The predicted molar refractivity (Wildman–Crippen MR) is 62.3 cm³/mol. The van der Waals surface area contributed by atoms with Gasteiger partial charge in [0.2, 0.25) is 0 Å². The Hall–Kier alpha value is -1.37. The lowest BCUT2D eigenvalue weighted by Crippen LogP contribution is -2.37. The maximum Gasteiger partial charge on any atom is 0.341 e. The first-order valence-electron chi connectivity index (χ1n) is 5.85. The van der Waals surface area contributed by atoms with Crippen LogP contribution in [0.3, 0.4) is 0 Å². The molecule has 1 unspecified atom stereocenters. The highest BCUT2D eigenvalue weighted by molar-refractivity contribution is 5.88. The fourth-order valence-electron chi connectivity index (χ4n) is 1.71. The molecule has 1 aromatic rings. The zero-order valence-corrected chi connectivity index (χ0v) is 10.3. The van der Waals surface area contributed by atoms with Gasteiger partial charge in [-0.15, -0.1) is 0 Å². The van der Waals surface area contributed by atoms with Crippen LogP contribution in [0.5, 0.6) is 0 Å². The molecule has 2 rings (SSSR count). The second-order valence-corrected chi connectivity index (χ2v) is 3.99. The minimum absolute atomic E-state index is 0.0776. The van der Waals surface area contributed by atoms with E-state index in [9.17, 15) is 4.79 Å². The van der Waals surface area contributed by atoms with E-state index in [1.54, 1.807) is 6.07 Å². The Labute approximate surface area is 105 Å². The van der Waals surface area contributed by atoms with Crippen LogP contribution < -0.4 is 5.32 Å². The Morgan fingerprint density at radius 3 is 3.17 bits per heavy atom. The fraction of sp³-hybridized carbons (Fsp3) is 0.583. The van der Waals surface area contributed by atoms with E-state index in [-0.39, 0.29) is 6.10 Å². The standard InChI is InChI=1S/C12H17NO5/c1-15-12(14)9-4-10(18-7-9)5-13-6-11-8-16-2-3-17-11/h4,7,11,13H,2-3,5-6,8H2,1H3. The van der Waals surface area contributed by atoms with Crippen LogP contribution >= 0.6 is 0 Å². The van der Waals surface area contributed by atoms with Crippen molar-refractivity contribution in [3.8, 4) is 0 Å². The molecule has 0 bridgehead atoms. The Bertz CT molecular complexity index is 384. The van der Waals surface area contributed by atoms with Gasteiger partial charge in [0, 0.05) is 6.54 Å². The lowest BCUT2D eigenvalue weighted by atomic mass is 10.3. The SMILES string of the molecule is COC(=O)c1coc(CNCC2COCCO2)c1. The number of carbonyl (C=O) groups is 1. The van der Waals surface area contributed by atoms with Crippen LogP contribution in [0.4, 0.5) is 0 Å². The van der Waals surface area contributed by atoms with E-state index in [4.69, 9.17) is 13.9 Å². The number of hydrogen-bond donors (Lipinski definition) is 1. The molecule has 6 nitrogen and oxygen atoms in total. The van der Waals surface area contributed by atoms with Crippen molar-refractivity contribution >= 4 is 5.97 Å². The van der Waals surface area contributed by atoms with Gasteiger partial charge in [-0.05, 0) is 6.07 Å². The van der Waals surface area contributed by atoms with Crippen molar-refractivity contribution in [2.24, 2.45) is 0 Å². The second-order valence-electron chi connectivity index (χ2n) is 3.99. The van der Waals surface area contributed by atoms with Gasteiger partial charge in [0.25, 0.3) is 0 Å². The molecule has 1 atom stereocenters. The summed E-state index contributed by atoms with van der Waals surface area (Å²) in [7, 11) is 1.34. The molecule has 1 saturated heterocycles. The highest BCUT2D eigenvalue weighted by Crippen LogP contribution is 2.09. The number of ether oxygens (including phenoxy) is 3. The molecule has 0 aromatic carbocycles. The molecule has 6 heteroatoms. The van der Waals surface area contributed by atoms with Crippen molar-refractivity contribution in [2.75, 3.05) is 33.5 Å². The molecule has 18 heavy (non-hydrogen) atoms. The van der Waals surface area contributed by atoms with E-state index in [1.165, 1.54) is 13.4 Å². The summed E-state index contributed by atoms with van der Waals surface area (Å²) in [6, 6.07) is 1.66. The summed E-state index contributed by atoms with van der Waals surface area (Å²) in [5.74, 6) is 0.293. The van der Waals surface area contributed by atoms with Gasteiger partial charge < -0.3 is 23.9 Å². The van der Waals surface area contributed by atoms with E-state index in [1.807, 2.05) is 0 Å². The van der Waals surface area contributed by atoms with Crippen molar-refractivity contribution in [1.82, 2.24) is 5.32 Å². The van der Waals surface area contributed by atoms with Gasteiger partial charge in [-0.25, -0.2) is 4.79 Å². The number of rotatable bonds is 5. The van der Waals surface area contributed by atoms with Crippen molar-refractivity contribution in [3.63, 3.8) is 0 Å². The monoisotopic (exact) mass is 255 g/mol. The number of esters is 1. The quantitative estimate of drug-likeness (QED) is 0.776. The van der Waals surface area contributed by atoms with E-state index in [2.05, 4.69) is 10.1 Å². The molecule has 0 amide bonds. The number of methoxy groups -OCH3 is 1. The maximum atomic E-state index is 11.2. The average Bonchev–Trinajstić information content (AvgIpc) is 2.88. The second kappa shape index (κ2) is 6.53. The predicted octanol–water partition coefficient (Wildman–Crippen LogP) is 0.571. The molecule has 2 heterocycles. The van der Waals surface area contributed by atoms with Gasteiger partial charge >= 0.3 is 5.97 Å². The van der Waals surface area contributed by atoms with Crippen LogP contribution in [0.25, 0.3) is 0 Å². The molecule has 1 aliphatic rings. The molecule has 0 spiro atoms. The van der Waals surface area contributed by atoms with E-state index in [0.717, 1.165) is 0 Å². The highest BCUT2D eigenvalue weighted by Gasteiger charge is 2.14. The van der Waals surface area contributed by atoms with Crippen molar-refractivity contribution in [3.05, 3.63) is 23.7 Å². The molecule has 1 fully saturated rings. The minimum atomic E-state index is -0.394. The molecule has 0 saturated carbocycles. The Kier molecular flexibility index (Phi) is 4.74. The number of hydrogen-bond acceptors (Lipinski definition) is 6. The molecular weight excluding hydrogens is 238 g/mol. The largest absolute Gasteiger partial charge is 0.467 e. The zero-order chi connectivity index (χ0) is 12.8. The van der Waals surface area contributed by atoms with Gasteiger partial charge in [-0.2, -0.15) is 0 Å². The molecule has 0 aliphatic carbocycles. The Morgan fingerprint density at radius 1 is 1.56 bits per heavy atom. The lowest BCUT2D eigenvalue weighted by Gasteiger charge is -2.22. The highest BCUT2D eigenvalue weighted by atomic mass is 16.6. The molecule has 1 aliphatic heterocycles. The van der Waals surface area contributed by atoms with E-state index in [0.29, 0.717) is 44.2 Å². The third-order valence-corrected chi connectivity index (χ3v) is 2.63. The van der Waals surface area contributed by atoms with Crippen LogP contribution in [0.1, 0.15) is 16.1 Å². The van der Waals surface area contributed by atoms with Crippen LogP contribution in [0.15, 0.2) is 16.7 Å².